The maximum absolute atomic E-state index is 12.9. The summed E-state index contributed by atoms with van der Waals surface area (Å²) in [6.07, 6.45) is 27.9. The van der Waals surface area contributed by atoms with Crippen LogP contribution in [0.3, 0.4) is 0 Å². The highest BCUT2D eigenvalue weighted by Crippen LogP contribution is 2.82. The Morgan fingerprint density at radius 1 is 0.754 bits per heavy atom. The molecule has 3 spiro atoms. The Bertz CT molecular complexity index is 2930. The van der Waals surface area contributed by atoms with Gasteiger partial charge in [-0.3, -0.25) is 5.32 Å². The van der Waals surface area contributed by atoms with E-state index >= 15 is 0 Å². The van der Waals surface area contributed by atoms with Gasteiger partial charge in [0.15, 0.2) is 23.0 Å². The number of nitrogens with one attached hydrogen (secondary N) is 3. The van der Waals surface area contributed by atoms with Crippen molar-refractivity contribution in [3.63, 3.8) is 0 Å². The molecule has 11 nitrogen and oxygen atoms in total. The molecule has 4 aromatic carbocycles. The van der Waals surface area contributed by atoms with Crippen LogP contribution in [0, 0.1) is 51.8 Å². The SMILES string of the molecule is Oc1ccc(C=Cc2c(CCc3ccc(C4CC5(CCNC(O)C5)C5CC6CCCC67C6C=CC8CCC9C=CC(O)C(C98C6)C7(c6cnc[nH]6)C5N4)cc3)c(O)c(O)c3c(O)cccc23)cc1O. The van der Waals surface area contributed by atoms with Crippen molar-refractivity contribution in [3.8, 4) is 28.7 Å². The molecule has 2 aliphatic heterocycles. The molecule has 4 saturated carbocycles. The third-order valence-corrected chi connectivity index (χ3v) is 20.2. The summed E-state index contributed by atoms with van der Waals surface area (Å²) in [7, 11) is 0. The van der Waals surface area contributed by atoms with Gasteiger partial charge in [0.25, 0.3) is 0 Å². The van der Waals surface area contributed by atoms with Gasteiger partial charge in [-0.25, -0.2) is 4.98 Å². The first-order chi connectivity index (χ1) is 33.5. The second-order valence-corrected chi connectivity index (χ2v) is 22.6. The molecule has 10 N–H and O–H groups in total. The normalized spacial score (nSPS) is 38.3. The molecule has 14 atom stereocenters. The van der Waals surface area contributed by atoms with Gasteiger partial charge < -0.3 is 46.0 Å². The van der Waals surface area contributed by atoms with Gasteiger partial charge in [0.1, 0.15) is 12.0 Å². The van der Waals surface area contributed by atoms with Crippen molar-refractivity contribution < 1.29 is 35.7 Å². The number of aromatic hydroxyl groups is 5. The second-order valence-electron chi connectivity index (χ2n) is 22.6. The van der Waals surface area contributed by atoms with Crippen molar-refractivity contribution in [2.45, 2.75) is 107 Å². The summed E-state index contributed by atoms with van der Waals surface area (Å²) < 4.78 is 0. The molecule has 14 unspecified atom stereocenters. The zero-order chi connectivity index (χ0) is 47.0. The number of aliphatic hydroxyl groups is 2. The van der Waals surface area contributed by atoms with Crippen LogP contribution in [0.15, 0.2) is 97.5 Å². The maximum Gasteiger partial charge on any atom is 0.169 e. The van der Waals surface area contributed by atoms with Crippen molar-refractivity contribution in [1.29, 1.82) is 0 Å². The fraction of sp³-hybridized carbons (Fsp3) is 0.466. The van der Waals surface area contributed by atoms with Gasteiger partial charge in [0, 0.05) is 40.9 Å². The lowest BCUT2D eigenvalue weighted by molar-refractivity contribution is -0.243. The number of phenols is 5. The van der Waals surface area contributed by atoms with Gasteiger partial charge in [-0.1, -0.05) is 85.3 Å². The second kappa shape index (κ2) is 15.7. The minimum Gasteiger partial charge on any atom is -0.507 e. The zero-order valence-corrected chi connectivity index (χ0v) is 38.9. The first-order valence-electron chi connectivity index (χ1n) is 25.7. The van der Waals surface area contributed by atoms with Gasteiger partial charge in [-0.05, 0) is 169 Å². The molecule has 0 amide bonds. The highest BCUT2D eigenvalue weighted by atomic mass is 16.3. The number of hydrogen-bond donors (Lipinski definition) is 10. The Kier molecular flexibility index (Phi) is 9.89. The summed E-state index contributed by atoms with van der Waals surface area (Å²) in [5.74, 6) is 0.761. The number of rotatable bonds is 7. The Morgan fingerprint density at radius 3 is 2.35 bits per heavy atom. The maximum atomic E-state index is 12.9. The molecule has 6 aliphatic carbocycles. The Balaban J connectivity index is 0.890. The van der Waals surface area contributed by atoms with Gasteiger partial charge in [0.05, 0.1) is 17.8 Å². The molecule has 358 valence electrons. The molecule has 6 fully saturated rings. The molecular formula is C58H64N4O7. The smallest absolute Gasteiger partial charge is 0.169 e. The summed E-state index contributed by atoms with van der Waals surface area (Å²) in [6, 6.07) is 18.4. The van der Waals surface area contributed by atoms with Crippen molar-refractivity contribution in [2.75, 3.05) is 6.54 Å². The topological polar surface area (TPSA) is 194 Å². The summed E-state index contributed by atoms with van der Waals surface area (Å²) in [6.45, 7) is 0.766. The number of piperidine rings is 2. The number of aromatic amines is 1. The number of H-pyrrole nitrogens is 1. The summed E-state index contributed by atoms with van der Waals surface area (Å²) in [5, 5.41) is 87.0. The molecule has 2 saturated heterocycles. The van der Waals surface area contributed by atoms with Gasteiger partial charge >= 0.3 is 0 Å². The third-order valence-electron chi connectivity index (χ3n) is 20.2. The molecule has 13 rings (SSSR count). The van der Waals surface area contributed by atoms with Crippen LogP contribution < -0.4 is 10.6 Å². The summed E-state index contributed by atoms with van der Waals surface area (Å²) in [5.41, 5.74) is 4.55. The molecule has 11 heteroatoms. The average Bonchev–Trinajstić information content (AvgIpc) is 4.13. The molecule has 3 heterocycles. The number of allylic oxidation sites excluding steroid dienone is 3. The fourth-order valence-electron chi connectivity index (χ4n) is 17.9. The fourth-order valence-corrected chi connectivity index (χ4v) is 17.9. The van der Waals surface area contributed by atoms with E-state index < -0.39 is 17.7 Å². The van der Waals surface area contributed by atoms with Crippen LogP contribution in [-0.4, -0.2) is 70.6 Å². The number of aliphatic hydroxyl groups excluding tert-OH is 2. The Labute approximate surface area is 402 Å². The van der Waals surface area contributed by atoms with Crippen molar-refractivity contribution in [3.05, 3.63) is 131 Å². The number of nitrogens with zero attached hydrogens (tertiary/aromatic N) is 1. The van der Waals surface area contributed by atoms with Crippen molar-refractivity contribution in [1.82, 2.24) is 20.6 Å². The highest BCUT2D eigenvalue weighted by molar-refractivity contribution is 6.03. The number of aromatic nitrogens is 2. The van der Waals surface area contributed by atoms with E-state index in [4.69, 9.17) is 4.98 Å². The van der Waals surface area contributed by atoms with E-state index in [-0.39, 0.29) is 74.3 Å². The lowest BCUT2D eigenvalue weighted by Gasteiger charge is -2.77. The summed E-state index contributed by atoms with van der Waals surface area (Å²) >= 11 is 0. The standard InChI is InChI=1S/C58H64N4O7/c63-44-20-10-33(25-47(44)66)9-18-39-40-4-1-5-45(64)50(40)52(69)51(68)41(39)19-8-32-6-11-34(12-7-32)43-28-55(23-24-60-49(67)29-55)42-26-37-3-2-22-57(37)38-16-15-35-13-14-36-17-21-46(65)53(56(35,36)27-38)58(57,54(42)62-43)48-30-59-31-61-48/h1,4-7,9-12,15-18,20-21,25,30-31,35-38,42-43,46,49,53-54,60,62-69H,2-3,8,13-14,19,22-24,26-29H2,(H,59,61). The number of aryl methyl sites for hydroxylation is 1. The molecule has 69 heavy (non-hydrogen) atoms. The van der Waals surface area contributed by atoms with Crippen LogP contribution in [0.25, 0.3) is 22.9 Å². The largest absolute Gasteiger partial charge is 0.507 e. The van der Waals surface area contributed by atoms with E-state index in [0.29, 0.717) is 65.0 Å². The first-order valence-corrected chi connectivity index (χ1v) is 25.7. The van der Waals surface area contributed by atoms with Gasteiger partial charge in [-0.15, -0.1) is 0 Å². The van der Waals surface area contributed by atoms with Crippen molar-refractivity contribution >= 4 is 22.9 Å². The first kappa shape index (κ1) is 43.4. The van der Waals surface area contributed by atoms with E-state index in [2.05, 4.69) is 70.4 Å². The monoisotopic (exact) mass is 928 g/mol. The van der Waals surface area contributed by atoms with Gasteiger partial charge in [0.2, 0.25) is 0 Å². The number of fused-ring (bicyclic) bond motifs is 6. The molecule has 8 aliphatic rings. The predicted molar refractivity (Wildman–Crippen MR) is 264 cm³/mol. The minimum absolute atomic E-state index is 0.00256. The minimum atomic E-state index is -0.586. The molecular weight excluding hydrogens is 865 g/mol. The Morgan fingerprint density at radius 2 is 1.57 bits per heavy atom. The van der Waals surface area contributed by atoms with Crippen LogP contribution in [0.4, 0.5) is 0 Å². The molecule has 1 aromatic heterocycles. The third kappa shape index (κ3) is 5.96. The molecule has 5 aromatic rings. The number of phenolic OH excluding ortho intramolecular Hbond substituents is 5. The van der Waals surface area contributed by atoms with E-state index in [9.17, 15) is 35.7 Å². The van der Waals surface area contributed by atoms with Crippen molar-refractivity contribution in [2.24, 2.45) is 51.8 Å². The number of imidazole rings is 1. The van der Waals surface area contributed by atoms with Crippen LogP contribution in [0.5, 0.6) is 28.7 Å². The number of benzene rings is 4. The average molecular weight is 929 g/mol. The Hall–Kier alpha value is -5.59. The van der Waals surface area contributed by atoms with Crippen LogP contribution in [0.2, 0.25) is 0 Å². The molecule has 2 bridgehead atoms. The number of hydrogen-bond acceptors (Lipinski definition) is 10. The van der Waals surface area contributed by atoms with E-state index in [1.165, 1.54) is 42.3 Å². The zero-order valence-electron chi connectivity index (χ0n) is 38.9. The lowest BCUT2D eigenvalue weighted by atomic mass is 9.28. The van der Waals surface area contributed by atoms with E-state index in [1.807, 2.05) is 12.4 Å². The molecule has 0 radical (unpaired) electrons. The van der Waals surface area contributed by atoms with Gasteiger partial charge in [-0.2, -0.15) is 0 Å². The summed E-state index contributed by atoms with van der Waals surface area (Å²) in [4.78, 5) is 8.65. The quantitative estimate of drug-likeness (QED) is 0.0428. The van der Waals surface area contributed by atoms with E-state index in [0.717, 1.165) is 57.1 Å². The van der Waals surface area contributed by atoms with Crippen LogP contribution in [0.1, 0.15) is 104 Å². The lowest BCUT2D eigenvalue weighted by Crippen LogP contribution is -2.80. The predicted octanol–water partition coefficient (Wildman–Crippen LogP) is 9.03. The highest BCUT2D eigenvalue weighted by Gasteiger charge is 2.81. The van der Waals surface area contributed by atoms with E-state index in [1.54, 1.807) is 24.3 Å². The van der Waals surface area contributed by atoms with Crippen LogP contribution >= 0.6 is 0 Å². The van der Waals surface area contributed by atoms with Crippen LogP contribution in [-0.2, 0) is 18.3 Å².